The van der Waals surface area contributed by atoms with Crippen molar-refractivity contribution in [3.63, 3.8) is 0 Å². The van der Waals surface area contributed by atoms with Crippen LogP contribution in [0.5, 0.6) is 5.75 Å². The molecule has 1 N–H and O–H groups in total. The molecule has 23 heavy (non-hydrogen) atoms. The van der Waals surface area contributed by atoms with Crippen molar-refractivity contribution in [1.29, 1.82) is 0 Å². The topological polar surface area (TPSA) is 38.3 Å². The van der Waals surface area contributed by atoms with Gasteiger partial charge in [0.05, 0.1) is 12.9 Å². The monoisotopic (exact) mass is 333 g/mol. The van der Waals surface area contributed by atoms with Crippen LogP contribution in [-0.4, -0.2) is 25.3 Å². The number of nitrogens with one attached hydrogen (secondary N) is 1. The highest BCUT2D eigenvalue weighted by Gasteiger charge is 2.07. The lowest BCUT2D eigenvalue weighted by molar-refractivity contribution is -0.118. The number of rotatable bonds is 7. The number of benzene rings is 2. The molecule has 0 bridgehead atoms. The minimum atomic E-state index is -0.296. The van der Waals surface area contributed by atoms with Crippen molar-refractivity contribution < 1.29 is 13.9 Å². The maximum Gasteiger partial charge on any atom is 0.230 e. The molecule has 0 radical (unpaired) electrons. The van der Waals surface area contributed by atoms with E-state index in [1.165, 1.54) is 17.8 Å². The highest BCUT2D eigenvalue weighted by molar-refractivity contribution is 8.00. The Kier molecular flexibility index (Phi) is 6.47. The highest BCUT2D eigenvalue weighted by Crippen LogP contribution is 2.21. The molecule has 0 saturated heterocycles. The second-order valence-electron chi connectivity index (χ2n) is 5.13. The number of aryl methyl sites for hydroxylation is 1. The average Bonchev–Trinajstić information content (AvgIpc) is 2.54. The van der Waals surface area contributed by atoms with Gasteiger partial charge >= 0.3 is 0 Å². The smallest absolute Gasteiger partial charge is 0.230 e. The quantitative estimate of drug-likeness (QED) is 0.787. The van der Waals surface area contributed by atoms with Crippen LogP contribution in [0.1, 0.15) is 11.1 Å². The maximum absolute atomic E-state index is 13.5. The SMILES string of the molecule is COc1ccc(C)cc1CCNC(=O)CSc1ccccc1F. The van der Waals surface area contributed by atoms with Crippen molar-refractivity contribution in [2.75, 3.05) is 19.4 Å². The Morgan fingerprint density at radius 2 is 2.04 bits per heavy atom. The van der Waals surface area contributed by atoms with E-state index in [9.17, 15) is 9.18 Å². The van der Waals surface area contributed by atoms with E-state index in [4.69, 9.17) is 4.74 Å². The lowest BCUT2D eigenvalue weighted by atomic mass is 10.1. The Hall–Kier alpha value is -2.01. The predicted molar refractivity (Wildman–Crippen MR) is 91.6 cm³/mol. The van der Waals surface area contributed by atoms with Crippen LogP contribution in [0.2, 0.25) is 0 Å². The molecule has 1 amide bonds. The first kappa shape index (κ1) is 17.3. The van der Waals surface area contributed by atoms with Gasteiger partial charge in [-0.15, -0.1) is 11.8 Å². The van der Waals surface area contributed by atoms with E-state index in [0.29, 0.717) is 17.9 Å². The Labute approximate surface area is 140 Å². The minimum absolute atomic E-state index is 0.107. The Balaban J connectivity index is 1.79. The molecule has 5 heteroatoms. The largest absolute Gasteiger partial charge is 0.496 e. The van der Waals surface area contributed by atoms with Crippen molar-refractivity contribution in [2.45, 2.75) is 18.2 Å². The van der Waals surface area contributed by atoms with E-state index in [1.807, 2.05) is 19.1 Å². The lowest BCUT2D eigenvalue weighted by Gasteiger charge is -2.10. The summed E-state index contributed by atoms with van der Waals surface area (Å²) in [5.41, 5.74) is 2.22. The second kappa shape index (κ2) is 8.58. The molecule has 2 aromatic carbocycles. The van der Waals surface area contributed by atoms with Crippen LogP contribution >= 0.6 is 11.8 Å². The molecule has 3 nitrogen and oxygen atoms in total. The first-order valence-electron chi connectivity index (χ1n) is 7.37. The van der Waals surface area contributed by atoms with Gasteiger partial charge in [-0.3, -0.25) is 4.79 Å². The van der Waals surface area contributed by atoms with Crippen LogP contribution in [0.4, 0.5) is 4.39 Å². The fraction of sp³-hybridized carbons (Fsp3) is 0.278. The standard InChI is InChI=1S/C18H20FNO2S/c1-13-7-8-16(22-2)14(11-13)9-10-20-18(21)12-23-17-6-4-3-5-15(17)19/h3-8,11H,9-10,12H2,1-2H3,(H,20,21). The van der Waals surface area contributed by atoms with Gasteiger partial charge in [0, 0.05) is 11.4 Å². The summed E-state index contributed by atoms with van der Waals surface area (Å²) in [6, 6.07) is 12.4. The average molecular weight is 333 g/mol. The van der Waals surface area contributed by atoms with Crippen LogP contribution in [-0.2, 0) is 11.2 Å². The number of thioether (sulfide) groups is 1. The zero-order valence-electron chi connectivity index (χ0n) is 13.3. The number of amides is 1. The van der Waals surface area contributed by atoms with E-state index in [-0.39, 0.29) is 17.5 Å². The summed E-state index contributed by atoms with van der Waals surface area (Å²) >= 11 is 1.20. The zero-order valence-corrected chi connectivity index (χ0v) is 14.1. The molecular weight excluding hydrogens is 313 g/mol. The number of carbonyl (C=O) groups is 1. The fourth-order valence-electron chi connectivity index (χ4n) is 2.20. The number of carbonyl (C=O) groups excluding carboxylic acids is 1. The summed E-state index contributed by atoms with van der Waals surface area (Å²) in [5, 5.41) is 2.85. The Morgan fingerprint density at radius 1 is 1.26 bits per heavy atom. The molecule has 2 aromatic rings. The molecule has 0 spiro atoms. The molecule has 0 heterocycles. The van der Waals surface area contributed by atoms with Gasteiger partial charge in [0.15, 0.2) is 0 Å². The molecule has 0 aliphatic heterocycles. The van der Waals surface area contributed by atoms with E-state index < -0.39 is 0 Å². The van der Waals surface area contributed by atoms with Crippen molar-refractivity contribution in [2.24, 2.45) is 0 Å². The van der Waals surface area contributed by atoms with Gasteiger partial charge < -0.3 is 10.1 Å². The third kappa shape index (κ3) is 5.28. The lowest BCUT2D eigenvalue weighted by Crippen LogP contribution is -2.27. The number of halogens is 1. The van der Waals surface area contributed by atoms with E-state index in [2.05, 4.69) is 11.4 Å². The number of hydrogen-bond acceptors (Lipinski definition) is 3. The summed E-state index contributed by atoms with van der Waals surface area (Å²) in [5.74, 6) is 0.622. The van der Waals surface area contributed by atoms with Gasteiger partial charge in [-0.05, 0) is 37.1 Å². The summed E-state index contributed by atoms with van der Waals surface area (Å²) < 4.78 is 18.8. The van der Waals surface area contributed by atoms with Crippen LogP contribution in [0.25, 0.3) is 0 Å². The van der Waals surface area contributed by atoms with Crippen LogP contribution in [0, 0.1) is 12.7 Å². The van der Waals surface area contributed by atoms with Crippen LogP contribution in [0.15, 0.2) is 47.4 Å². The van der Waals surface area contributed by atoms with Gasteiger partial charge in [0.2, 0.25) is 5.91 Å². The minimum Gasteiger partial charge on any atom is -0.496 e. The molecule has 0 aliphatic rings. The molecular formula is C18H20FNO2S. The van der Waals surface area contributed by atoms with Crippen molar-refractivity contribution in [3.8, 4) is 5.75 Å². The normalized spacial score (nSPS) is 10.4. The molecule has 0 aliphatic carbocycles. The fourth-order valence-corrected chi connectivity index (χ4v) is 2.96. The Bertz CT molecular complexity index is 676. The molecule has 0 unspecified atom stereocenters. The van der Waals surface area contributed by atoms with E-state index >= 15 is 0 Å². The number of ether oxygens (including phenoxy) is 1. The second-order valence-corrected chi connectivity index (χ2v) is 6.15. The van der Waals surface area contributed by atoms with Crippen LogP contribution < -0.4 is 10.1 Å². The third-order valence-electron chi connectivity index (χ3n) is 3.35. The highest BCUT2D eigenvalue weighted by atomic mass is 32.2. The van der Waals surface area contributed by atoms with Gasteiger partial charge in [0.25, 0.3) is 0 Å². The molecule has 0 aromatic heterocycles. The number of hydrogen-bond donors (Lipinski definition) is 1. The summed E-state index contributed by atoms with van der Waals surface area (Å²) in [6.07, 6.45) is 0.695. The summed E-state index contributed by atoms with van der Waals surface area (Å²) in [6.45, 7) is 2.54. The van der Waals surface area contributed by atoms with Crippen molar-refractivity contribution in [1.82, 2.24) is 5.32 Å². The summed E-state index contributed by atoms with van der Waals surface area (Å²) in [7, 11) is 1.64. The molecule has 122 valence electrons. The first-order valence-corrected chi connectivity index (χ1v) is 8.36. The van der Waals surface area contributed by atoms with Gasteiger partial charge in [-0.25, -0.2) is 4.39 Å². The van der Waals surface area contributed by atoms with E-state index in [0.717, 1.165) is 16.9 Å². The van der Waals surface area contributed by atoms with E-state index in [1.54, 1.807) is 25.3 Å². The Morgan fingerprint density at radius 3 is 2.78 bits per heavy atom. The van der Waals surface area contributed by atoms with Gasteiger partial charge in [-0.2, -0.15) is 0 Å². The van der Waals surface area contributed by atoms with Gasteiger partial charge in [-0.1, -0.05) is 29.8 Å². The zero-order chi connectivity index (χ0) is 16.7. The predicted octanol–water partition coefficient (Wildman–Crippen LogP) is 3.59. The first-order chi connectivity index (χ1) is 11.1. The molecule has 2 rings (SSSR count). The van der Waals surface area contributed by atoms with Crippen molar-refractivity contribution in [3.05, 3.63) is 59.4 Å². The number of methoxy groups -OCH3 is 1. The molecule has 0 saturated carbocycles. The van der Waals surface area contributed by atoms with Crippen molar-refractivity contribution >= 4 is 17.7 Å². The molecule has 0 atom stereocenters. The third-order valence-corrected chi connectivity index (χ3v) is 4.40. The molecule has 0 fully saturated rings. The van der Waals surface area contributed by atoms with Crippen LogP contribution in [0.3, 0.4) is 0 Å². The maximum atomic E-state index is 13.5. The summed E-state index contributed by atoms with van der Waals surface area (Å²) in [4.78, 5) is 12.3. The van der Waals surface area contributed by atoms with Gasteiger partial charge in [0.1, 0.15) is 11.6 Å².